The first-order valence-electron chi connectivity index (χ1n) is 14.0. The SMILES string of the molecule is CCCCCCCCCCCCCCCCCC[N+](C)(C)CCOc1ccc(C)cc1C=O.[Br-]. The third-order valence-corrected chi connectivity index (χ3v) is 6.86. The van der Waals surface area contributed by atoms with Crippen molar-refractivity contribution in [2.45, 2.75) is 117 Å². The number of carbonyl (C=O) groups excluding carboxylic acids is 1. The van der Waals surface area contributed by atoms with Crippen LogP contribution in [0.1, 0.15) is 126 Å². The van der Waals surface area contributed by atoms with Gasteiger partial charge in [0.2, 0.25) is 0 Å². The molecule has 0 bridgehead atoms. The molecule has 1 aromatic carbocycles. The van der Waals surface area contributed by atoms with Crippen molar-refractivity contribution in [3.05, 3.63) is 29.3 Å². The number of nitrogens with zero attached hydrogens (tertiary/aromatic N) is 1. The van der Waals surface area contributed by atoms with Gasteiger partial charge < -0.3 is 26.2 Å². The molecule has 0 aliphatic rings. The first-order chi connectivity index (χ1) is 16.0. The molecule has 0 saturated carbocycles. The fourth-order valence-electron chi connectivity index (χ4n) is 4.49. The summed E-state index contributed by atoms with van der Waals surface area (Å²) in [6, 6.07) is 5.80. The van der Waals surface area contributed by atoms with Crippen molar-refractivity contribution < 1.29 is 31.0 Å². The minimum Gasteiger partial charge on any atom is -1.00 e. The fraction of sp³-hybridized carbons (Fsp3) is 0.767. The van der Waals surface area contributed by atoms with Gasteiger partial charge in [-0.2, -0.15) is 0 Å². The Kier molecular flexibility index (Phi) is 20.9. The Morgan fingerprint density at radius 3 is 1.68 bits per heavy atom. The van der Waals surface area contributed by atoms with E-state index >= 15 is 0 Å². The van der Waals surface area contributed by atoms with Gasteiger partial charge in [0.25, 0.3) is 0 Å². The Bertz CT molecular complexity index is 618. The molecule has 0 aromatic heterocycles. The molecule has 0 radical (unpaired) electrons. The number of ether oxygens (including phenoxy) is 1. The zero-order chi connectivity index (χ0) is 24.2. The lowest BCUT2D eigenvalue weighted by Gasteiger charge is -2.29. The second-order valence-corrected chi connectivity index (χ2v) is 10.7. The number of aldehydes is 1. The van der Waals surface area contributed by atoms with E-state index in [-0.39, 0.29) is 17.0 Å². The fourth-order valence-corrected chi connectivity index (χ4v) is 4.49. The summed E-state index contributed by atoms with van der Waals surface area (Å²) in [7, 11) is 4.56. The van der Waals surface area contributed by atoms with Crippen molar-refractivity contribution in [3.63, 3.8) is 0 Å². The summed E-state index contributed by atoms with van der Waals surface area (Å²) in [5.74, 6) is 0.706. The van der Waals surface area contributed by atoms with Gasteiger partial charge in [-0.3, -0.25) is 4.79 Å². The topological polar surface area (TPSA) is 26.3 Å². The van der Waals surface area contributed by atoms with Crippen LogP contribution in [0.5, 0.6) is 5.75 Å². The molecule has 198 valence electrons. The highest BCUT2D eigenvalue weighted by molar-refractivity contribution is 5.79. The van der Waals surface area contributed by atoms with E-state index in [4.69, 9.17) is 4.74 Å². The van der Waals surface area contributed by atoms with Crippen molar-refractivity contribution in [1.29, 1.82) is 0 Å². The lowest BCUT2D eigenvalue weighted by molar-refractivity contribution is -0.890. The van der Waals surface area contributed by atoms with Gasteiger partial charge in [-0.05, 0) is 31.9 Å². The van der Waals surface area contributed by atoms with Gasteiger partial charge in [0.1, 0.15) is 18.9 Å². The summed E-state index contributed by atoms with van der Waals surface area (Å²) in [6.45, 7) is 7.09. The summed E-state index contributed by atoms with van der Waals surface area (Å²) >= 11 is 0. The highest BCUT2D eigenvalue weighted by Gasteiger charge is 2.15. The van der Waals surface area contributed by atoms with Crippen LogP contribution in [0, 0.1) is 6.92 Å². The number of hydrogen-bond acceptors (Lipinski definition) is 2. The molecule has 4 heteroatoms. The average molecular weight is 541 g/mol. The van der Waals surface area contributed by atoms with Gasteiger partial charge in [-0.25, -0.2) is 0 Å². The molecule has 0 unspecified atom stereocenters. The number of quaternary nitrogens is 1. The summed E-state index contributed by atoms with van der Waals surface area (Å²) in [5.41, 5.74) is 1.74. The molecule has 1 aromatic rings. The van der Waals surface area contributed by atoms with Crippen LogP contribution >= 0.6 is 0 Å². The molecule has 0 aliphatic heterocycles. The Hall–Kier alpha value is -0.870. The van der Waals surface area contributed by atoms with E-state index in [1.165, 1.54) is 109 Å². The Labute approximate surface area is 222 Å². The van der Waals surface area contributed by atoms with Crippen LogP contribution in [-0.4, -0.2) is 44.6 Å². The second-order valence-electron chi connectivity index (χ2n) is 10.7. The van der Waals surface area contributed by atoms with Crippen molar-refractivity contribution in [1.82, 2.24) is 0 Å². The first kappa shape index (κ1) is 33.1. The van der Waals surface area contributed by atoms with Gasteiger partial charge >= 0.3 is 0 Å². The van der Waals surface area contributed by atoms with Gasteiger partial charge in [0.15, 0.2) is 6.29 Å². The minimum atomic E-state index is 0. The van der Waals surface area contributed by atoms with Crippen LogP contribution in [0.2, 0.25) is 0 Å². The number of hydrogen-bond donors (Lipinski definition) is 0. The Morgan fingerprint density at radius 1 is 0.735 bits per heavy atom. The van der Waals surface area contributed by atoms with Crippen LogP contribution in [0.4, 0.5) is 0 Å². The number of rotatable bonds is 22. The highest BCUT2D eigenvalue weighted by Crippen LogP contribution is 2.18. The van der Waals surface area contributed by atoms with Crippen LogP contribution < -0.4 is 21.7 Å². The van der Waals surface area contributed by atoms with Crippen LogP contribution in [0.3, 0.4) is 0 Å². The molecular weight excluding hydrogens is 486 g/mol. The van der Waals surface area contributed by atoms with Gasteiger partial charge in [-0.1, -0.05) is 108 Å². The molecular formula is C30H54BrNO2. The third kappa shape index (κ3) is 17.5. The Morgan fingerprint density at radius 2 is 1.21 bits per heavy atom. The van der Waals surface area contributed by atoms with Gasteiger partial charge in [-0.15, -0.1) is 0 Å². The van der Waals surface area contributed by atoms with Crippen molar-refractivity contribution in [2.75, 3.05) is 33.8 Å². The van der Waals surface area contributed by atoms with Crippen LogP contribution in [-0.2, 0) is 0 Å². The summed E-state index contributed by atoms with van der Waals surface area (Å²) in [5, 5.41) is 0. The van der Waals surface area contributed by atoms with E-state index in [1.54, 1.807) is 0 Å². The number of benzene rings is 1. The third-order valence-electron chi connectivity index (χ3n) is 6.86. The van der Waals surface area contributed by atoms with Gasteiger partial charge in [0, 0.05) is 0 Å². The number of halogens is 1. The monoisotopic (exact) mass is 539 g/mol. The van der Waals surface area contributed by atoms with Crippen LogP contribution in [0.15, 0.2) is 18.2 Å². The first-order valence-corrected chi connectivity index (χ1v) is 14.0. The summed E-state index contributed by atoms with van der Waals surface area (Å²) in [6.07, 6.45) is 23.5. The normalized spacial score (nSPS) is 11.3. The summed E-state index contributed by atoms with van der Waals surface area (Å²) < 4.78 is 6.88. The summed E-state index contributed by atoms with van der Waals surface area (Å²) in [4.78, 5) is 11.2. The zero-order valence-corrected chi connectivity index (χ0v) is 24.5. The standard InChI is InChI=1S/C30H54NO2.BrH/c1-5-6-7-8-9-10-11-12-13-14-15-16-17-18-19-20-23-31(3,4)24-25-33-30-22-21-28(2)26-29(30)27-32;/h21-22,26-27H,5-20,23-25H2,1-4H3;1H/q+1;/p-1. The van der Waals surface area contributed by atoms with Gasteiger partial charge in [0.05, 0.1) is 26.2 Å². The number of likely N-dealkylation sites (N-methyl/N-ethyl adjacent to an activating group) is 1. The molecule has 0 atom stereocenters. The highest BCUT2D eigenvalue weighted by atomic mass is 79.9. The predicted octanol–water partition coefficient (Wildman–Crippen LogP) is 5.53. The van der Waals surface area contributed by atoms with E-state index in [0.29, 0.717) is 17.9 Å². The largest absolute Gasteiger partial charge is 1.00 e. The average Bonchev–Trinajstić information content (AvgIpc) is 2.79. The van der Waals surface area contributed by atoms with Crippen molar-refractivity contribution in [3.8, 4) is 5.75 Å². The molecule has 3 nitrogen and oxygen atoms in total. The molecule has 0 heterocycles. The second kappa shape index (κ2) is 21.4. The molecule has 34 heavy (non-hydrogen) atoms. The number of aryl methyl sites for hydroxylation is 1. The van der Waals surface area contributed by atoms with Crippen molar-refractivity contribution in [2.24, 2.45) is 0 Å². The smallest absolute Gasteiger partial charge is 0.153 e. The van der Waals surface area contributed by atoms with E-state index < -0.39 is 0 Å². The Balaban J connectivity index is 0.0000109. The van der Waals surface area contributed by atoms with E-state index in [0.717, 1.165) is 22.9 Å². The zero-order valence-electron chi connectivity index (χ0n) is 22.9. The molecule has 0 fully saturated rings. The molecule has 0 aliphatic carbocycles. The van der Waals surface area contributed by atoms with Crippen LogP contribution in [0.25, 0.3) is 0 Å². The molecule has 1 rings (SSSR count). The minimum absolute atomic E-state index is 0. The van der Waals surface area contributed by atoms with E-state index in [2.05, 4.69) is 21.0 Å². The molecule has 0 N–H and O–H groups in total. The maximum Gasteiger partial charge on any atom is 0.153 e. The maximum absolute atomic E-state index is 11.2. The van der Waals surface area contributed by atoms with E-state index in [1.807, 2.05) is 25.1 Å². The van der Waals surface area contributed by atoms with Crippen molar-refractivity contribution >= 4 is 6.29 Å². The molecule has 0 saturated heterocycles. The molecule has 0 amide bonds. The van der Waals surface area contributed by atoms with E-state index in [9.17, 15) is 4.79 Å². The maximum atomic E-state index is 11.2. The predicted molar refractivity (Wildman–Crippen MR) is 143 cm³/mol. The lowest BCUT2D eigenvalue weighted by atomic mass is 10.0. The lowest BCUT2D eigenvalue weighted by Crippen LogP contribution is -3.00. The number of carbonyl (C=O) groups is 1. The molecule has 0 spiro atoms. The number of unbranched alkanes of at least 4 members (excludes halogenated alkanes) is 15. The quantitative estimate of drug-likeness (QED) is 0.110.